The lowest BCUT2D eigenvalue weighted by molar-refractivity contribution is 0.260. The minimum Gasteiger partial charge on any atom is -0.299 e. The van der Waals surface area contributed by atoms with Crippen LogP contribution in [0.15, 0.2) is 0 Å². The Bertz CT molecular complexity index is 372. The van der Waals surface area contributed by atoms with E-state index < -0.39 is 6.19 Å². The van der Waals surface area contributed by atoms with E-state index in [1.54, 1.807) is 0 Å². The minimum absolute atomic E-state index is 0.307. The lowest BCUT2D eigenvalue weighted by atomic mass is 9.83. The van der Waals surface area contributed by atoms with Gasteiger partial charge in [0.25, 0.3) is 0 Å². The smallest absolute Gasteiger partial charge is 0.0239 e. The molecule has 2 saturated heterocycles. The number of hydrogen-bond acceptors (Lipinski definition) is 2. The Balaban J connectivity index is 2.04. The van der Waals surface area contributed by atoms with E-state index in [-0.39, 0.29) is 0 Å². The fraction of sp³-hybridized carbons (Fsp3) is 1.00. The summed E-state index contributed by atoms with van der Waals surface area (Å²) in [4.78, 5) is 2.61. The summed E-state index contributed by atoms with van der Waals surface area (Å²) in [5.41, 5.74) is 0. The second-order valence-corrected chi connectivity index (χ2v) is 12.9. The van der Waals surface area contributed by atoms with Gasteiger partial charge < -0.3 is 0 Å². The van der Waals surface area contributed by atoms with Gasteiger partial charge >= 0.3 is 0 Å². The number of likely N-dealkylation sites (N-methyl/N-ethyl adjacent to an activating group) is 1. The highest BCUT2D eigenvalue weighted by molar-refractivity contribution is 8.15. The second kappa shape index (κ2) is 5.09. The van der Waals surface area contributed by atoms with Crippen molar-refractivity contribution < 1.29 is 0 Å². The lowest BCUT2D eigenvalue weighted by Crippen LogP contribution is -2.61. The van der Waals surface area contributed by atoms with Crippen LogP contribution in [0.25, 0.3) is 0 Å². The molecule has 0 aromatic rings. The van der Waals surface area contributed by atoms with Crippen molar-refractivity contribution in [3.05, 3.63) is 0 Å². The third kappa shape index (κ3) is 2.16. The first-order valence-corrected chi connectivity index (χ1v) is 10.6. The van der Waals surface area contributed by atoms with Gasteiger partial charge in [-0.05, 0) is 31.8 Å². The van der Waals surface area contributed by atoms with Gasteiger partial charge in [-0.3, -0.25) is 9.99 Å². The molecule has 0 amide bonds. The van der Waals surface area contributed by atoms with Gasteiger partial charge in [0.15, 0.2) is 0 Å². The van der Waals surface area contributed by atoms with Crippen LogP contribution in [0.4, 0.5) is 0 Å². The molecule has 2 nitrogen and oxygen atoms in total. The first-order valence-electron chi connectivity index (χ1n) is 7.78. The van der Waals surface area contributed by atoms with E-state index >= 15 is 0 Å². The number of hydrogen-bond donors (Lipinski definition) is 1. The normalized spacial score (nSPS) is 41.2. The quantitative estimate of drug-likeness (QED) is 0.798. The summed E-state index contributed by atoms with van der Waals surface area (Å²) in [5, 5.41) is 4.51. The predicted octanol–water partition coefficient (Wildman–Crippen LogP) is 3.66. The van der Waals surface area contributed by atoms with Crippen LogP contribution in [-0.4, -0.2) is 40.9 Å². The Morgan fingerprint density at radius 3 is 2.37 bits per heavy atom. The van der Waals surface area contributed by atoms with Crippen molar-refractivity contribution in [2.75, 3.05) is 19.6 Å². The molecular formula is C15H31N2PS. The van der Waals surface area contributed by atoms with Crippen LogP contribution in [0.2, 0.25) is 0 Å². The highest BCUT2D eigenvalue weighted by atomic mass is 32.4. The molecule has 2 aliphatic rings. The van der Waals surface area contributed by atoms with Crippen molar-refractivity contribution in [3.8, 4) is 0 Å². The molecule has 0 radical (unpaired) electrons. The predicted molar refractivity (Wildman–Crippen MR) is 89.9 cm³/mol. The Hall–Kier alpha value is 0.570. The zero-order valence-corrected chi connectivity index (χ0v) is 15.2. The first-order chi connectivity index (χ1) is 8.68. The van der Waals surface area contributed by atoms with Crippen LogP contribution >= 0.6 is 6.19 Å². The summed E-state index contributed by atoms with van der Waals surface area (Å²) >= 11 is 6.17. The van der Waals surface area contributed by atoms with E-state index in [1.165, 1.54) is 25.9 Å². The number of nitrogens with one attached hydrogen (secondary N) is 1. The maximum absolute atomic E-state index is 6.17. The third-order valence-corrected chi connectivity index (χ3v) is 14.1. The molecule has 2 rings (SSSR count). The van der Waals surface area contributed by atoms with E-state index in [2.05, 4.69) is 51.5 Å². The molecule has 0 saturated carbocycles. The molecule has 1 N–H and O–H groups in total. The summed E-state index contributed by atoms with van der Waals surface area (Å²) in [7, 11) is 0. The van der Waals surface area contributed by atoms with Crippen LogP contribution in [-0.2, 0) is 11.8 Å². The van der Waals surface area contributed by atoms with Crippen molar-refractivity contribution in [1.82, 2.24) is 9.99 Å². The largest absolute Gasteiger partial charge is 0.299 e. The molecule has 112 valence electrons. The Morgan fingerprint density at radius 1 is 1.26 bits per heavy atom. The monoisotopic (exact) mass is 302 g/mol. The molecule has 0 spiro atoms. The van der Waals surface area contributed by atoms with Crippen molar-refractivity contribution >= 4 is 18.0 Å². The molecule has 0 aromatic carbocycles. The van der Waals surface area contributed by atoms with Crippen molar-refractivity contribution in [2.24, 2.45) is 5.92 Å². The van der Waals surface area contributed by atoms with E-state index in [1.807, 2.05) is 0 Å². The van der Waals surface area contributed by atoms with Crippen molar-refractivity contribution in [1.29, 1.82) is 0 Å². The molecule has 4 heteroatoms. The van der Waals surface area contributed by atoms with Crippen LogP contribution in [0, 0.1) is 5.92 Å². The maximum Gasteiger partial charge on any atom is 0.0239 e. The molecule has 19 heavy (non-hydrogen) atoms. The average Bonchev–Trinajstić information content (AvgIpc) is 2.81. The van der Waals surface area contributed by atoms with Gasteiger partial charge in [-0.15, -0.1) is 0 Å². The standard InChI is InChI=1S/C15H31N2PS/c1-7-17-10-8-9-13(17)11-16-18(19)14(3,4)12(2)15(18,5)6/h12-13H,7-11H2,1-6H3,(H,16,19). The topological polar surface area (TPSA) is 15.3 Å². The lowest BCUT2D eigenvalue weighted by Gasteiger charge is -2.66. The number of rotatable bonds is 4. The maximum atomic E-state index is 6.17. The highest BCUT2D eigenvalue weighted by Gasteiger charge is 2.64. The summed E-state index contributed by atoms with van der Waals surface area (Å²) in [5.74, 6) is 0.712. The molecule has 0 aliphatic carbocycles. The van der Waals surface area contributed by atoms with Gasteiger partial charge in [0, 0.05) is 29.1 Å². The SMILES string of the molecule is CCN1CCCC1CNP1(=S)C(C)(C)C(C)C1(C)C. The van der Waals surface area contributed by atoms with Gasteiger partial charge in [-0.2, -0.15) is 0 Å². The van der Waals surface area contributed by atoms with Gasteiger partial charge in [-0.25, -0.2) is 0 Å². The van der Waals surface area contributed by atoms with E-state index in [0.29, 0.717) is 22.3 Å². The van der Waals surface area contributed by atoms with Gasteiger partial charge in [0.1, 0.15) is 0 Å². The fourth-order valence-electron chi connectivity index (χ4n) is 4.27. The highest BCUT2D eigenvalue weighted by Crippen LogP contribution is 2.79. The third-order valence-electron chi connectivity index (χ3n) is 6.20. The van der Waals surface area contributed by atoms with Crippen molar-refractivity contribution in [3.63, 3.8) is 0 Å². The molecule has 2 aliphatic heterocycles. The summed E-state index contributed by atoms with van der Waals surface area (Å²) in [6.07, 6.45) is 1.21. The molecular weight excluding hydrogens is 271 g/mol. The summed E-state index contributed by atoms with van der Waals surface area (Å²) < 4.78 is 0. The number of likely N-dealkylation sites (tertiary alicyclic amines) is 1. The number of nitrogens with zero attached hydrogens (tertiary/aromatic N) is 1. The minimum atomic E-state index is -1.49. The van der Waals surface area contributed by atoms with Crippen LogP contribution in [0.5, 0.6) is 0 Å². The second-order valence-electron chi connectivity index (χ2n) is 7.43. The van der Waals surface area contributed by atoms with Gasteiger partial charge in [0.2, 0.25) is 0 Å². The van der Waals surface area contributed by atoms with E-state index in [4.69, 9.17) is 11.8 Å². The molecule has 2 fully saturated rings. The first kappa shape index (κ1) is 15.9. The molecule has 2 heterocycles. The fourth-order valence-corrected chi connectivity index (χ4v) is 9.74. The van der Waals surface area contributed by atoms with Crippen molar-refractivity contribution in [2.45, 2.75) is 70.7 Å². The zero-order valence-electron chi connectivity index (χ0n) is 13.5. The molecule has 0 bridgehead atoms. The average molecular weight is 302 g/mol. The zero-order chi connectivity index (χ0) is 14.5. The molecule has 0 aromatic heterocycles. The van der Waals surface area contributed by atoms with E-state index in [0.717, 1.165) is 6.54 Å². The Labute approximate surface area is 124 Å². The molecule has 1 atom stereocenters. The Morgan fingerprint density at radius 2 is 1.84 bits per heavy atom. The molecule has 1 unspecified atom stereocenters. The Kier molecular flexibility index (Phi) is 4.27. The summed E-state index contributed by atoms with van der Waals surface area (Å²) in [6.45, 7) is 17.7. The van der Waals surface area contributed by atoms with Crippen LogP contribution < -0.4 is 5.09 Å². The van der Waals surface area contributed by atoms with E-state index in [9.17, 15) is 0 Å². The van der Waals surface area contributed by atoms with Crippen LogP contribution in [0.1, 0.15) is 54.4 Å². The van der Waals surface area contributed by atoms with Gasteiger partial charge in [0.05, 0.1) is 0 Å². The van der Waals surface area contributed by atoms with Crippen LogP contribution in [0.3, 0.4) is 0 Å². The summed E-state index contributed by atoms with van der Waals surface area (Å²) in [6, 6.07) is 0.715. The van der Waals surface area contributed by atoms with Gasteiger partial charge in [-0.1, -0.05) is 53.3 Å².